The summed E-state index contributed by atoms with van der Waals surface area (Å²) in [5.74, 6) is 0.397. The number of hydrogen-bond acceptors (Lipinski definition) is 7. The van der Waals surface area contributed by atoms with Gasteiger partial charge in [-0.2, -0.15) is 0 Å². The minimum Gasteiger partial charge on any atom is -0.465 e. The van der Waals surface area contributed by atoms with E-state index in [0.29, 0.717) is 38.1 Å². The predicted molar refractivity (Wildman–Crippen MR) is 181 cm³/mol. The van der Waals surface area contributed by atoms with Gasteiger partial charge in [0.1, 0.15) is 12.7 Å². The standard InChI is InChI=1S/C36H72N2O5/c1-8-13-16-18-23-33(22-15-10-3)31-42-35(39)26-21-20-25-34(24-19-17-14-9-2)43-36(40)41-30-29-38(32(6)7)28-27-37(11-4)12-5/h32-34H,8-31H2,1-7H3. The van der Waals surface area contributed by atoms with Crippen molar-refractivity contribution < 1.29 is 23.8 Å². The zero-order valence-corrected chi connectivity index (χ0v) is 29.6. The maximum absolute atomic E-state index is 12.6. The average Bonchev–Trinajstić information content (AvgIpc) is 2.99. The summed E-state index contributed by atoms with van der Waals surface area (Å²) in [6, 6.07) is 0.390. The van der Waals surface area contributed by atoms with Gasteiger partial charge in [-0.15, -0.1) is 0 Å². The molecule has 7 heteroatoms. The van der Waals surface area contributed by atoms with E-state index < -0.39 is 6.16 Å². The highest BCUT2D eigenvalue weighted by Gasteiger charge is 2.18. The van der Waals surface area contributed by atoms with Crippen molar-refractivity contribution in [1.29, 1.82) is 0 Å². The summed E-state index contributed by atoms with van der Waals surface area (Å²) >= 11 is 0. The molecular weight excluding hydrogens is 540 g/mol. The largest absolute Gasteiger partial charge is 0.508 e. The van der Waals surface area contributed by atoms with Gasteiger partial charge in [0.05, 0.1) is 6.61 Å². The first-order chi connectivity index (χ1) is 20.8. The van der Waals surface area contributed by atoms with Crippen LogP contribution in [0.1, 0.15) is 158 Å². The Bertz CT molecular complexity index is 641. The number of unbranched alkanes of at least 4 members (excludes halogenated alkanes) is 8. The molecule has 0 bridgehead atoms. The van der Waals surface area contributed by atoms with Crippen molar-refractivity contribution in [3.05, 3.63) is 0 Å². The summed E-state index contributed by atoms with van der Waals surface area (Å²) in [4.78, 5) is 29.8. The number of carbonyl (C=O) groups is 2. The quantitative estimate of drug-likeness (QED) is 0.0591. The molecule has 0 heterocycles. The first-order valence-corrected chi connectivity index (χ1v) is 18.3. The van der Waals surface area contributed by atoms with E-state index in [0.717, 1.165) is 77.5 Å². The van der Waals surface area contributed by atoms with Crippen molar-refractivity contribution in [2.45, 2.75) is 170 Å². The van der Waals surface area contributed by atoms with E-state index in [9.17, 15) is 9.59 Å². The fraction of sp³-hybridized carbons (Fsp3) is 0.944. The molecular formula is C36H72N2O5. The molecule has 0 radical (unpaired) electrons. The number of esters is 1. The van der Waals surface area contributed by atoms with Crippen LogP contribution >= 0.6 is 0 Å². The average molecular weight is 613 g/mol. The van der Waals surface area contributed by atoms with Crippen molar-refractivity contribution in [2.24, 2.45) is 5.92 Å². The zero-order chi connectivity index (χ0) is 32.1. The Morgan fingerprint density at radius 2 is 1.21 bits per heavy atom. The third-order valence-electron chi connectivity index (χ3n) is 8.64. The van der Waals surface area contributed by atoms with E-state index >= 15 is 0 Å². The van der Waals surface area contributed by atoms with Crippen LogP contribution in [-0.2, 0) is 19.0 Å². The van der Waals surface area contributed by atoms with Crippen LogP contribution in [0.5, 0.6) is 0 Å². The Hall–Kier alpha value is -1.34. The molecule has 0 rings (SSSR count). The van der Waals surface area contributed by atoms with Gasteiger partial charge in [0, 0.05) is 32.1 Å². The first kappa shape index (κ1) is 41.7. The molecule has 0 aromatic heterocycles. The van der Waals surface area contributed by atoms with Gasteiger partial charge in [-0.05, 0) is 77.8 Å². The van der Waals surface area contributed by atoms with Gasteiger partial charge < -0.3 is 19.1 Å². The highest BCUT2D eigenvalue weighted by Crippen LogP contribution is 2.19. The zero-order valence-electron chi connectivity index (χ0n) is 29.6. The van der Waals surface area contributed by atoms with Crippen LogP contribution in [0.25, 0.3) is 0 Å². The van der Waals surface area contributed by atoms with Crippen LogP contribution in [0.15, 0.2) is 0 Å². The van der Waals surface area contributed by atoms with E-state index in [1.54, 1.807) is 0 Å². The lowest BCUT2D eigenvalue weighted by molar-refractivity contribution is -0.145. The van der Waals surface area contributed by atoms with Crippen LogP contribution < -0.4 is 0 Å². The number of rotatable bonds is 30. The van der Waals surface area contributed by atoms with Gasteiger partial charge >= 0.3 is 12.1 Å². The second kappa shape index (κ2) is 29.4. The highest BCUT2D eigenvalue weighted by molar-refractivity contribution is 5.69. The Balaban J connectivity index is 4.57. The Kier molecular flexibility index (Phi) is 28.5. The first-order valence-electron chi connectivity index (χ1n) is 18.3. The summed E-state index contributed by atoms with van der Waals surface area (Å²) < 4.78 is 17.0. The number of carbonyl (C=O) groups excluding carboxylic acids is 2. The summed E-state index contributed by atoms with van der Waals surface area (Å²) in [6.45, 7) is 21.1. The number of likely N-dealkylation sites (N-methyl/N-ethyl adjacent to an activating group) is 1. The minimum absolute atomic E-state index is 0.0921. The molecule has 43 heavy (non-hydrogen) atoms. The molecule has 0 fully saturated rings. The summed E-state index contributed by atoms with van der Waals surface area (Å²) in [7, 11) is 0. The number of hydrogen-bond donors (Lipinski definition) is 0. The molecule has 0 saturated carbocycles. The second-order valence-electron chi connectivity index (χ2n) is 12.6. The molecule has 2 unspecified atom stereocenters. The molecule has 0 amide bonds. The number of nitrogens with zero attached hydrogens (tertiary/aromatic N) is 2. The Labute approximate surface area is 267 Å². The molecule has 0 saturated heterocycles. The second-order valence-corrected chi connectivity index (χ2v) is 12.6. The predicted octanol–water partition coefficient (Wildman–Crippen LogP) is 9.41. The molecule has 0 aliphatic rings. The van der Waals surface area contributed by atoms with Crippen molar-refractivity contribution in [3.8, 4) is 0 Å². The fourth-order valence-electron chi connectivity index (χ4n) is 5.50. The highest BCUT2D eigenvalue weighted by atomic mass is 16.7. The third-order valence-corrected chi connectivity index (χ3v) is 8.64. The molecule has 256 valence electrons. The monoisotopic (exact) mass is 613 g/mol. The van der Waals surface area contributed by atoms with E-state index in [-0.39, 0.29) is 12.1 Å². The number of ether oxygens (including phenoxy) is 3. The lowest BCUT2D eigenvalue weighted by atomic mass is 9.96. The Morgan fingerprint density at radius 3 is 1.79 bits per heavy atom. The molecule has 7 nitrogen and oxygen atoms in total. The van der Waals surface area contributed by atoms with E-state index in [1.165, 1.54) is 51.4 Å². The van der Waals surface area contributed by atoms with Gasteiger partial charge in [-0.1, -0.05) is 92.4 Å². The minimum atomic E-state index is -0.565. The fourth-order valence-corrected chi connectivity index (χ4v) is 5.50. The SMILES string of the molecule is CCCCCCC(CCCC)COC(=O)CCCCC(CCCCCC)OC(=O)OCCN(CCN(CC)CC)C(C)C. The van der Waals surface area contributed by atoms with Crippen LogP contribution in [-0.4, -0.2) is 80.0 Å². The molecule has 0 aliphatic heterocycles. The normalized spacial score (nSPS) is 13.1. The molecule has 0 aromatic rings. The van der Waals surface area contributed by atoms with Crippen LogP contribution in [0.3, 0.4) is 0 Å². The van der Waals surface area contributed by atoms with Crippen molar-refractivity contribution in [3.63, 3.8) is 0 Å². The van der Waals surface area contributed by atoms with Crippen LogP contribution in [0, 0.1) is 5.92 Å². The lowest BCUT2D eigenvalue weighted by Crippen LogP contribution is -2.40. The third kappa shape index (κ3) is 24.6. The summed E-state index contributed by atoms with van der Waals surface area (Å²) in [5, 5.41) is 0. The smallest absolute Gasteiger partial charge is 0.465 e. The van der Waals surface area contributed by atoms with Crippen LogP contribution in [0.4, 0.5) is 4.79 Å². The molecule has 0 aromatic carbocycles. The van der Waals surface area contributed by atoms with E-state index in [2.05, 4.69) is 58.3 Å². The van der Waals surface area contributed by atoms with Gasteiger partial charge in [-0.3, -0.25) is 9.69 Å². The molecule has 0 spiro atoms. The van der Waals surface area contributed by atoms with Gasteiger partial charge in [0.25, 0.3) is 0 Å². The van der Waals surface area contributed by atoms with Gasteiger partial charge in [-0.25, -0.2) is 4.79 Å². The van der Waals surface area contributed by atoms with Crippen molar-refractivity contribution >= 4 is 12.1 Å². The topological polar surface area (TPSA) is 68.3 Å². The van der Waals surface area contributed by atoms with E-state index in [4.69, 9.17) is 14.2 Å². The van der Waals surface area contributed by atoms with E-state index in [1.807, 2.05) is 0 Å². The van der Waals surface area contributed by atoms with Gasteiger partial charge in [0.15, 0.2) is 0 Å². The summed E-state index contributed by atoms with van der Waals surface area (Å²) in [6.07, 6.45) is 17.2. The summed E-state index contributed by atoms with van der Waals surface area (Å²) in [5.41, 5.74) is 0. The van der Waals surface area contributed by atoms with Gasteiger partial charge in [0.2, 0.25) is 0 Å². The maximum Gasteiger partial charge on any atom is 0.508 e. The maximum atomic E-state index is 12.6. The van der Waals surface area contributed by atoms with Crippen molar-refractivity contribution in [1.82, 2.24) is 9.80 Å². The molecule has 0 aliphatic carbocycles. The van der Waals surface area contributed by atoms with Crippen molar-refractivity contribution in [2.75, 3.05) is 45.9 Å². The Morgan fingerprint density at radius 1 is 0.628 bits per heavy atom. The molecule has 0 N–H and O–H groups in total. The van der Waals surface area contributed by atoms with Crippen LogP contribution in [0.2, 0.25) is 0 Å². The molecule has 2 atom stereocenters. The lowest BCUT2D eigenvalue weighted by Gasteiger charge is -2.29.